The van der Waals surface area contributed by atoms with Gasteiger partial charge in [-0.1, -0.05) is 6.08 Å². The van der Waals surface area contributed by atoms with E-state index >= 15 is 0 Å². The molecule has 0 unspecified atom stereocenters. The van der Waals surface area contributed by atoms with Crippen molar-refractivity contribution in [2.24, 2.45) is 0 Å². The van der Waals surface area contributed by atoms with Crippen molar-refractivity contribution >= 4 is 17.8 Å². The van der Waals surface area contributed by atoms with E-state index in [1.54, 1.807) is 0 Å². The molecule has 0 radical (unpaired) electrons. The van der Waals surface area contributed by atoms with Gasteiger partial charge in [-0.05, 0) is 19.3 Å². The van der Waals surface area contributed by atoms with Crippen LogP contribution in [0.4, 0.5) is 0 Å². The van der Waals surface area contributed by atoms with Gasteiger partial charge in [0, 0.05) is 12.7 Å². The summed E-state index contributed by atoms with van der Waals surface area (Å²) in [7, 11) is 2.49. The summed E-state index contributed by atoms with van der Waals surface area (Å²) in [6, 6.07) is -0.849. The second kappa shape index (κ2) is 8.31. The molecule has 1 N–H and O–H groups in total. The molecule has 0 aliphatic carbocycles. The molecular weight excluding hydrogens is 266 g/mol. The molecule has 1 rings (SSSR count). The molecule has 1 heterocycles. The zero-order valence-corrected chi connectivity index (χ0v) is 11.6. The number of hydrogen-bond acceptors (Lipinski definition) is 6. The van der Waals surface area contributed by atoms with Crippen molar-refractivity contribution in [3.8, 4) is 0 Å². The monoisotopic (exact) mass is 285 g/mol. The SMILES string of the molecule is COC(=O)/C=C/C[C@@H](NC(=O)[C@@H]1CCCO1)C(=O)OC. The average Bonchev–Trinajstić information content (AvgIpc) is 2.99. The van der Waals surface area contributed by atoms with Crippen LogP contribution < -0.4 is 5.32 Å². The van der Waals surface area contributed by atoms with Crippen LogP contribution >= 0.6 is 0 Å². The highest BCUT2D eigenvalue weighted by Crippen LogP contribution is 2.12. The van der Waals surface area contributed by atoms with Gasteiger partial charge in [0.05, 0.1) is 14.2 Å². The fourth-order valence-electron chi connectivity index (χ4n) is 1.77. The number of rotatable bonds is 6. The Kier molecular flexibility index (Phi) is 6.72. The molecule has 20 heavy (non-hydrogen) atoms. The number of ether oxygens (including phenoxy) is 3. The Bertz CT molecular complexity index is 386. The van der Waals surface area contributed by atoms with Gasteiger partial charge in [-0.15, -0.1) is 0 Å². The summed E-state index contributed by atoms with van der Waals surface area (Å²) in [5.74, 6) is -1.45. The first-order chi connectivity index (χ1) is 9.58. The molecule has 0 saturated carbocycles. The predicted molar refractivity (Wildman–Crippen MR) is 68.7 cm³/mol. The molecule has 2 atom stereocenters. The average molecular weight is 285 g/mol. The molecule has 1 fully saturated rings. The van der Waals surface area contributed by atoms with Gasteiger partial charge in [-0.25, -0.2) is 9.59 Å². The minimum Gasteiger partial charge on any atom is -0.467 e. The van der Waals surface area contributed by atoms with E-state index in [4.69, 9.17) is 4.74 Å². The second-order valence-corrected chi connectivity index (χ2v) is 4.25. The Morgan fingerprint density at radius 2 is 2.10 bits per heavy atom. The number of carbonyl (C=O) groups is 3. The van der Waals surface area contributed by atoms with E-state index in [0.29, 0.717) is 13.0 Å². The number of amides is 1. The van der Waals surface area contributed by atoms with Crippen molar-refractivity contribution in [1.29, 1.82) is 0 Å². The summed E-state index contributed by atoms with van der Waals surface area (Å²) in [6.07, 6.45) is 3.71. The van der Waals surface area contributed by atoms with Crippen molar-refractivity contribution in [3.05, 3.63) is 12.2 Å². The zero-order chi connectivity index (χ0) is 15.0. The number of hydrogen-bond donors (Lipinski definition) is 1. The fourth-order valence-corrected chi connectivity index (χ4v) is 1.77. The zero-order valence-electron chi connectivity index (χ0n) is 11.6. The van der Waals surface area contributed by atoms with E-state index < -0.39 is 24.1 Å². The van der Waals surface area contributed by atoms with Gasteiger partial charge in [0.25, 0.3) is 0 Å². The minimum absolute atomic E-state index is 0.139. The van der Waals surface area contributed by atoms with Crippen LogP contribution in [-0.2, 0) is 28.6 Å². The highest BCUT2D eigenvalue weighted by Gasteiger charge is 2.28. The summed E-state index contributed by atoms with van der Waals surface area (Å²) in [5, 5.41) is 2.56. The summed E-state index contributed by atoms with van der Waals surface area (Å²) in [6.45, 7) is 0.545. The van der Waals surface area contributed by atoms with Gasteiger partial charge >= 0.3 is 11.9 Å². The van der Waals surface area contributed by atoms with Crippen molar-refractivity contribution in [2.75, 3.05) is 20.8 Å². The quantitative estimate of drug-likeness (QED) is 0.543. The van der Waals surface area contributed by atoms with E-state index in [1.807, 2.05) is 0 Å². The smallest absolute Gasteiger partial charge is 0.330 e. The maximum Gasteiger partial charge on any atom is 0.330 e. The molecule has 1 aliphatic rings. The third-order valence-electron chi connectivity index (χ3n) is 2.85. The van der Waals surface area contributed by atoms with E-state index in [1.165, 1.54) is 26.4 Å². The molecule has 0 aromatic carbocycles. The largest absolute Gasteiger partial charge is 0.467 e. The van der Waals surface area contributed by atoms with Crippen LogP contribution in [0.15, 0.2) is 12.2 Å². The van der Waals surface area contributed by atoms with Crippen molar-refractivity contribution in [2.45, 2.75) is 31.4 Å². The van der Waals surface area contributed by atoms with Gasteiger partial charge < -0.3 is 19.5 Å². The molecule has 7 heteroatoms. The van der Waals surface area contributed by atoms with Crippen LogP contribution in [0.2, 0.25) is 0 Å². The second-order valence-electron chi connectivity index (χ2n) is 4.25. The lowest BCUT2D eigenvalue weighted by atomic mass is 10.1. The maximum atomic E-state index is 11.9. The molecule has 1 saturated heterocycles. The first kappa shape index (κ1) is 16.2. The number of methoxy groups -OCH3 is 2. The van der Waals surface area contributed by atoms with Gasteiger partial charge in [0.1, 0.15) is 12.1 Å². The van der Waals surface area contributed by atoms with Crippen LogP contribution in [0.1, 0.15) is 19.3 Å². The van der Waals surface area contributed by atoms with E-state index in [0.717, 1.165) is 6.42 Å². The lowest BCUT2D eigenvalue weighted by Gasteiger charge is -2.17. The molecule has 0 bridgehead atoms. The molecule has 0 spiro atoms. The fraction of sp³-hybridized carbons (Fsp3) is 0.615. The third kappa shape index (κ3) is 5.00. The lowest BCUT2D eigenvalue weighted by Crippen LogP contribution is -2.45. The highest BCUT2D eigenvalue weighted by atomic mass is 16.5. The summed E-state index contributed by atoms with van der Waals surface area (Å²) in [5.41, 5.74) is 0. The number of esters is 2. The lowest BCUT2D eigenvalue weighted by molar-refractivity contribution is -0.146. The topological polar surface area (TPSA) is 90.9 Å². The molecule has 0 aromatic rings. The number of carbonyl (C=O) groups excluding carboxylic acids is 3. The summed E-state index contributed by atoms with van der Waals surface area (Å²) in [4.78, 5) is 34.4. The molecule has 0 aromatic heterocycles. The highest BCUT2D eigenvalue weighted by molar-refractivity contribution is 5.87. The standard InChI is InChI=1S/C13H19NO6/c1-18-11(15)7-3-5-9(13(17)19-2)14-12(16)10-6-4-8-20-10/h3,7,9-10H,4-6,8H2,1-2H3,(H,14,16)/b7-3+/t9-,10+/m1/s1. The van der Waals surface area contributed by atoms with Crippen molar-refractivity contribution in [1.82, 2.24) is 5.32 Å². The summed E-state index contributed by atoms with van der Waals surface area (Å²) < 4.78 is 14.3. The van der Waals surface area contributed by atoms with E-state index in [-0.39, 0.29) is 12.3 Å². The Balaban J connectivity index is 2.55. The maximum absolute atomic E-state index is 11.9. The Hall–Kier alpha value is -1.89. The summed E-state index contributed by atoms with van der Waals surface area (Å²) >= 11 is 0. The van der Waals surface area contributed by atoms with Gasteiger partial charge in [-0.3, -0.25) is 4.79 Å². The van der Waals surface area contributed by atoms with Crippen LogP contribution in [0.25, 0.3) is 0 Å². The molecule has 112 valence electrons. The predicted octanol–water partition coefficient (Wildman–Crippen LogP) is -0.0575. The van der Waals surface area contributed by atoms with Crippen molar-refractivity contribution in [3.63, 3.8) is 0 Å². The molecule has 1 aliphatic heterocycles. The van der Waals surface area contributed by atoms with Crippen LogP contribution in [-0.4, -0.2) is 50.8 Å². The first-order valence-electron chi connectivity index (χ1n) is 6.32. The Labute approximate surface area is 117 Å². The van der Waals surface area contributed by atoms with Gasteiger partial charge in [0.2, 0.25) is 5.91 Å². The van der Waals surface area contributed by atoms with Crippen LogP contribution in [0.3, 0.4) is 0 Å². The molecule has 1 amide bonds. The molecular formula is C13H19NO6. The minimum atomic E-state index is -0.849. The number of nitrogens with one attached hydrogen (secondary N) is 1. The van der Waals surface area contributed by atoms with Crippen molar-refractivity contribution < 1.29 is 28.6 Å². The Morgan fingerprint density at radius 3 is 2.65 bits per heavy atom. The van der Waals surface area contributed by atoms with Crippen LogP contribution in [0.5, 0.6) is 0 Å². The normalized spacial score (nSPS) is 19.6. The Morgan fingerprint density at radius 1 is 1.35 bits per heavy atom. The van der Waals surface area contributed by atoms with Gasteiger partial charge in [-0.2, -0.15) is 0 Å². The first-order valence-corrected chi connectivity index (χ1v) is 6.32. The molecule has 7 nitrogen and oxygen atoms in total. The van der Waals surface area contributed by atoms with Gasteiger partial charge in [0.15, 0.2) is 0 Å². The third-order valence-corrected chi connectivity index (χ3v) is 2.85. The van der Waals surface area contributed by atoms with E-state index in [9.17, 15) is 14.4 Å². The van der Waals surface area contributed by atoms with E-state index in [2.05, 4.69) is 14.8 Å². The van der Waals surface area contributed by atoms with Crippen LogP contribution in [0, 0.1) is 0 Å².